The Kier molecular flexibility index (Phi) is 4.74. The molecule has 1 aliphatic carbocycles. The molecule has 0 aliphatic heterocycles. The molecule has 1 nitrogen and oxygen atoms in total. The Morgan fingerprint density at radius 1 is 1.10 bits per heavy atom. The van der Waals surface area contributed by atoms with E-state index in [0.717, 1.165) is 37.7 Å². The molecule has 20 heavy (non-hydrogen) atoms. The fourth-order valence-corrected chi connectivity index (χ4v) is 3.00. The van der Waals surface area contributed by atoms with Crippen LogP contribution < -0.4 is 5.32 Å². The monoisotopic (exact) mass is 285 g/mol. The first-order chi connectivity index (χ1) is 9.38. The highest BCUT2D eigenvalue weighted by Crippen LogP contribution is 2.35. The molecule has 0 spiro atoms. The van der Waals surface area contributed by atoms with Crippen LogP contribution in [0.15, 0.2) is 24.3 Å². The van der Waals surface area contributed by atoms with Gasteiger partial charge in [0.1, 0.15) is 0 Å². The minimum atomic E-state index is -4.28. The number of nitrogens with one attached hydrogen (secondary N) is 1. The van der Waals surface area contributed by atoms with Gasteiger partial charge >= 0.3 is 6.18 Å². The molecule has 2 rings (SSSR count). The molecule has 1 aliphatic rings. The van der Waals surface area contributed by atoms with E-state index < -0.39 is 11.7 Å². The molecule has 1 fully saturated rings. The molecular weight excluding hydrogens is 263 g/mol. The SMILES string of the molecule is CC1CCC(NC(C)c2ccccc2C(F)(F)F)CC1. The van der Waals surface area contributed by atoms with Crippen molar-refractivity contribution in [2.24, 2.45) is 5.92 Å². The van der Waals surface area contributed by atoms with Gasteiger partial charge in [0.05, 0.1) is 5.56 Å². The van der Waals surface area contributed by atoms with Gasteiger partial charge in [-0.1, -0.05) is 25.1 Å². The molecule has 1 aromatic carbocycles. The maximum absolute atomic E-state index is 13.0. The van der Waals surface area contributed by atoms with Crippen molar-refractivity contribution < 1.29 is 13.2 Å². The van der Waals surface area contributed by atoms with Crippen LogP contribution in [-0.2, 0) is 6.18 Å². The normalized spacial score (nSPS) is 25.4. The van der Waals surface area contributed by atoms with Crippen molar-refractivity contribution >= 4 is 0 Å². The van der Waals surface area contributed by atoms with Crippen LogP contribution >= 0.6 is 0 Å². The molecule has 1 unspecified atom stereocenters. The van der Waals surface area contributed by atoms with Crippen molar-refractivity contribution in [3.63, 3.8) is 0 Å². The van der Waals surface area contributed by atoms with Gasteiger partial charge in [-0.15, -0.1) is 0 Å². The lowest BCUT2D eigenvalue weighted by molar-refractivity contribution is -0.138. The van der Waals surface area contributed by atoms with Gasteiger partial charge in [-0.25, -0.2) is 0 Å². The summed E-state index contributed by atoms with van der Waals surface area (Å²) in [5, 5.41) is 3.37. The summed E-state index contributed by atoms with van der Waals surface area (Å²) in [4.78, 5) is 0. The summed E-state index contributed by atoms with van der Waals surface area (Å²) in [5.74, 6) is 0.741. The van der Waals surface area contributed by atoms with Crippen molar-refractivity contribution in [3.05, 3.63) is 35.4 Å². The highest BCUT2D eigenvalue weighted by Gasteiger charge is 2.34. The maximum Gasteiger partial charge on any atom is 0.416 e. The molecule has 0 bridgehead atoms. The quantitative estimate of drug-likeness (QED) is 0.830. The van der Waals surface area contributed by atoms with E-state index in [1.807, 2.05) is 6.92 Å². The molecule has 1 aromatic rings. The van der Waals surface area contributed by atoms with E-state index in [1.54, 1.807) is 12.1 Å². The van der Waals surface area contributed by atoms with E-state index in [2.05, 4.69) is 12.2 Å². The van der Waals surface area contributed by atoms with Crippen molar-refractivity contribution in [2.75, 3.05) is 0 Å². The number of rotatable bonds is 3. The van der Waals surface area contributed by atoms with Gasteiger partial charge in [0.2, 0.25) is 0 Å². The number of hydrogen-bond acceptors (Lipinski definition) is 1. The van der Waals surface area contributed by atoms with Crippen LogP contribution in [0.2, 0.25) is 0 Å². The predicted octanol–water partition coefficient (Wildman–Crippen LogP) is 4.93. The van der Waals surface area contributed by atoms with Gasteiger partial charge in [-0.3, -0.25) is 0 Å². The van der Waals surface area contributed by atoms with Crippen LogP contribution in [-0.4, -0.2) is 6.04 Å². The Bertz CT molecular complexity index is 434. The zero-order valence-electron chi connectivity index (χ0n) is 12.0. The summed E-state index contributed by atoms with van der Waals surface area (Å²) in [5.41, 5.74) is -0.178. The average molecular weight is 285 g/mol. The first-order valence-corrected chi connectivity index (χ1v) is 7.30. The van der Waals surface area contributed by atoms with Crippen molar-refractivity contribution in [3.8, 4) is 0 Å². The van der Waals surface area contributed by atoms with E-state index in [9.17, 15) is 13.2 Å². The van der Waals surface area contributed by atoms with E-state index in [-0.39, 0.29) is 6.04 Å². The van der Waals surface area contributed by atoms with Crippen molar-refractivity contribution in [1.29, 1.82) is 0 Å². The van der Waals surface area contributed by atoms with Gasteiger partial charge in [0, 0.05) is 12.1 Å². The summed E-state index contributed by atoms with van der Waals surface area (Å²) >= 11 is 0. The maximum atomic E-state index is 13.0. The molecule has 112 valence electrons. The number of halogens is 3. The van der Waals surface area contributed by atoms with Crippen LogP contribution in [0.4, 0.5) is 13.2 Å². The molecule has 0 radical (unpaired) electrons. The topological polar surface area (TPSA) is 12.0 Å². The third-order valence-corrected chi connectivity index (χ3v) is 4.23. The van der Waals surface area contributed by atoms with Crippen LogP contribution in [0.3, 0.4) is 0 Å². The minimum Gasteiger partial charge on any atom is -0.307 e. The van der Waals surface area contributed by atoms with E-state index in [4.69, 9.17) is 0 Å². The molecular formula is C16H22F3N. The third kappa shape index (κ3) is 3.75. The Hall–Kier alpha value is -1.03. The van der Waals surface area contributed by atoms with Gasteiger partial charge in [-0.2, -0.15) is 13.2 Å². The zero-order chi connectivity index (χ0) is 14.8. The van der Waals surface area contributed by atoms with E-state index in [1.165, 1.54) is 6.07 Å². The third-order valence-electron chi connectivity index (χ3n) is 4.23. The molecule has 0 heterocycles. The predicted molar refractivity (Wildman–Crippen MR) is 74.4 cm³/mol. The van der Waals surface area contributed by atoms with Crippen LogP contribution in [0.1, 0.15) is 56.7 Å². The lowest BCUT2D eigenvalue weighted by atomic mass is 9.86. The largest absolute Gasteiger partial charge is 0.416 e. The summed E-state index contributed by atoms with van der Waals surface area (Å²) in [6.07, 6.45) is 0.142. The lowest BCUT2D eigenvalue weighted by Crippen LogP contribution is -2.35. The molecule has 1 N–H and O–H groups in total. The van der Waals surface area contributed by atoms with Gasteiger partial charge in [-0.05, 0) is 50.2 Å². The second-order valence-corrected chi connectivity index (χ2v) is 5.93. The summed E-state index contributed by atoms with van der Waals surface area (Å²) in [6.45, 7) is 4.06. The van der Waals surface area contributed by atoms with Crippen molar-refractivity contribution in [2.45, 2.75) is 57.8 Å². The summed E-state index contributed by atoms with van der Waals surface area (Å²) in [7, 11) is 0. The zero-order valence-corrected chi connectivity index (χ0v) is 12.0. The van der Waals surface area contributed by atoms with E-state index >= 15 is 0 Å². The second-order valence-electron chi connectivity index (χ2n) is 5.93. The summed E-state index contributed by atoms with van der Waals surface area (Å²) < 4.78 is 39.0. The van der Waals surface area contributed by atoms with Gasteiger partial charge < -0.3 is 5.32 Å². The lowest BCUT2D eigenvalue weighted by Gasteiger charge is -2.30. The molecule has 1 atom stereocenters. The fraction of sp³-hybridized carbons (Fsp3) is 0.625. The molecule has 0 aromatic heterocycles. The minimum absolute atomic E-state index is 0.272. The highest BCUT2D eigenvalue weighted by molar-refractivity contribution is 5.32. The molecule has 1 saturated carbocycles. The number of alkyl halides is 3. The smallest absolute Gasteiger partial charge is 0.307 e. The Morgan fingerprint density at radius 2 is 1.70 bits per heavy atom. The molecule has 4 heteroatoms. The van der Waals surface area contributed by atoms with Gasteiger partial charge in [0.15, 0.2) is 0 Å². The summed E-state index contributed by atoms with van der Waals surface area (Å²) in [6, 6.07) is 5.92. The van der Waals surface area contributed by atoms with Crippen LogP contribution in [0.25, 0.3) is 0 Å². The van der Waals surface area contributed by atoms with Crippen LogP contribution in [0.5, 0.6) is 0 Å². The first kappa shape index (κ1) is 15.4. The first-order valence-electron chi connectivity index (χ1n) is 7.30. The average Bonchev–Trinajstić information content (AvgIpc) is 2.40. The van der Waals surface area contributed by atoms with Gasteiger partial charge in [0.25, 0.3) is 0 Å². The number of hydrogen-bond donors (Lipinski definition) is 1. The fourth-order valence-electron chi connectivity index (χ4n) is 3.00. The second kappa shape index (κ2) is 6.17. The van der Waals surface area contributed by atoms with Crippen molar-refractivity contribution in [1.82, 2.24) is 5.32 Å². The Morgan fingerprint density at radius 3 is 2.30 bits per heavy atom. The number of benzene rings is 1. The molecule has 0 amide bonds. The standard InChI is InChI=1S/C16H22F3N/c1-11-7-9-13(10-8-11)20-12(2)14-5-3-4-6-15(14)16(17,18)19/h3-6,11-13,20H,7-10H2,1-2H3. The highest BCUT2D eigenvalue weighted by atomic mass is 19.4. The van der Waals surface area contributed by atoms with Crippen LogP contribution in [0, 0.1) is 5.92 Å². The Balaban J connectivity index is 2.08. The van der Waals surface area contributed by atoms with E-state index in [0.29, 0.717) is 11.6 Å². The molecule has 0 saturated heterocycles. The Labute approximate surface area is 118 Å².